The fourth-order valence-corrected chi connectivity index (χ4v) is 5.99. The Hall–Kier alpha value is -5.27. The van der Waals surface area contributed by atoms with Gasteiger partial charge in [0.2, 0.25) is 0 Å². The van der Waals surface area contributed by atoms with Gasteiger partial charge < -0.3 is 25.0 Å². The maximum Gasteiger partial charge on any atom is 0.335 e. The number of rotatable bonds is 12. The Bertz CT molecular complexity index is 1710. The largest absolute Gasteiger partial charge is 0.478 e. The van der Waals surface area contributed by atoms with Crippen LogP contribution in [0.15, 0.2) is 79.1 Å². The van der Waals surface area contributed by atoms with Gasteiger partial charge in [-0.15, -0.1) is 0 Å². The number of benzene rings is 3. The molecule has 1 aliphatic heterocycles. The second-order valence-corrected chi connectivity index (χ2v) is 12.0. The van der Waals surface area contributed by atoms with Crippen LogP contribution in [0.2, 0.25) is 0 Å². The van der Waals surface area contributed by atoms with Gasteiger partial charge in [-0.3, -0.25) is 4.79 Å². The van der Waals surface area contributed by atoms with Crippen LogP contribution in [-0.2, 0) is 6.54 Å². The highest BCUT2D eigenvalue weighted by atomic mass is 16.5. The Morgan fingerprint density at radius 2 is 1.66 bits per heavy atom. The summed E-state index contributed by atoms with van der Waals surface area (Å²) in [7, 11) is 0. The number of hydrogen-bond acceptors (Lipinski definition) is 8. The molecule has 0 radical (unpaired) electrons. The summed E-state index contributed by atoms with van der Waals surface area (Å²) in [5.41, 5.74) is 4.90. The SMILES string of the molecule is Cc1ncnc(C)c1C(=O)NC(C)CCN1CCC(N(Cc2cccc(C#N)c2)c2ccc(Oc3ccc(C(=O)O)cc3)cc2)CC1. The Balaban J connectivity index is 1.21. The first-order valence-electron chi connectivity index (χ1n) is 15.9. The number of likely N-dealkylation sites (tertiary alicyclic amines) is 1. The zero-order valence-electron chi connectivity index (χ0n) is 27.0. The summed E-state index contributed by atoms with van der Waals surface area (Å²) in [6.07, 6.45) is 4.28. The van der Waals surface area contributed by atoms with Crippen LogP contribution in [0.1, 0.15) is 69.4 Å². The summed E-state index contributed by atoms with van der Waals surface area (Å²) in [5, 5.41) is 21.7. The summed E-state index contributed by atoms with van der Waals surface area (Å²) in [6.45, 7) is 9.14. The van der Waals surface area contributed by atoms with Crippen molar-refractivity contribution in [3.05, 3.63) is 113 Å². The Morgan fingerprint density at radius 1 is 1.02 bits per heavy atom. The van der Waals surface area contributed by atoms with Crippen molar-refractivity contribution >= 4 is 17.6 Å². The van der Waals surface area contributed by atoms with Gasteiger partial charge >= 0.3 is 5.97 Å². The van der Waals surface area contributed by atoms with Gasteiger partial charge in [0, 0.05) is 44.0 Å². The van der Waals surface area contributed by atoms with E-state index in [1.54, 1.807) is 12.1 Å². The number of ether oxygens (including phenoxy) is 1. The lowest BCUT2D eigenvalue weighted by Gasteiger charge is -2.40. The van der Waals surface area contributed by atoms with Crippen molar-refractivity contribution in [2.45, 2.75) is 58.7 Å². The third kappa shape index (κ3) is 8.71. The van der Waals surface area contributed by atoms with Crippen LogP contribution in [0.25, 0.3) is 0 Å². The van der Waals surface area contributed by atoms with E-state index in [1.807, 2.05) is 63.2 Å². The molecular formula is C37H40N6O4. The lowest BCUT2D eigenvalue weighted by Crippen LogP contribution is -2.46. The number of nitrogens with zero attached hydrogens (tertiary/aromatic N) is 5. The Kier molecular flexibility index (Phi) is 10.8. The van der Waals surface area contributed by atoms with Gasteiger partial charge in [0.15, 0.2) is 0 Å². The van der Waals surface area contributed by atoms with Gasteiger partial charge in [-0.2, -0.15) is 5.26 Å². The van der Waals surface area contributed by atoms with E-state index in [9.17, 15) is 14.9 Å². The highest BCUT2D eigenvalue weighted by molar-refractivity contribution is 5.96. The second-order valence-electron chi connectivity index (χ2n) is 12.0. The predicted octanol–water partition coefficient (Wildman–Crippen LogP) is 6.14. The van der Waals surface area contributed by atoms with E-state index >= 15 is 0 Å². The molecule has 2 heterocycles. The molecule has 1 aliphatic rings. The molecule has 0 saturated carbocycles. The summed E-state index contributed by atoms with van der Waals surface area (Å²) < 4.78 is 5.98. The zero-order valence-corrected chi connectivity index (χ0v) is 27.0. The number of hydrogen-bond donors (Lipinski definition) is 2. The molecule has 1 saturated heterocycles. The molecule has 10 heteroatoms. The minimum atomic E-state index is -0.977. The summed E-state index contributed by atoms with van der Waals surface area (Å²) >= 11 is 0. The minimum Gasteiger partial charge on any atom is -0.478 e. The number of carbonyl (C=O) groups excluding carboxylic acids is 1. The minimum absolute atomic E-state index is 0.0129. The van der Waals surface area contributed by atoms with Crippen LogP contribution in [0.3, 0.4) is 0 Å². The smallest absolute Gasteiger partial charge is 0.335 e. The number of carboxylic acid groups (broad SMARTS) is 1. The van der Waals surface area contributed by atoms with E-state index in [0.29, 0.717) is 46.6 Å². The molecular weight excluding hydrogens is 592 g/mol. The fraction of sp³-hybridized carbons (Fsp3) is 0.324. The lowest BCUT2D eigenvalue weighted by molar-refractivity contribution is 0.0696. The number of aryl methyl sites for hydroxylation is 2. The summed E-state index contributed by atoms with van der Waals surface area (Å²) in [6, 6.07) is 24.6. The fourth-order valence-electron chi connectivity index (χ4n) is 5.99. The number of piperidine rings is 1. The lowest BCUT2D eigenvalue weighted by atomic mass is 10.00. The number of carboxylic acids is 1. The van der Waals surface area contributed by atoms with Crippen molar-refractivity contribution in [2.24, 2.45) is 0 Å². The number of carbonyl (C=O) groups is 2. The molecule has 1 aromatic heterocycles. The van der Waals surface area contributed by atoms with Crippen molar-refractivity contribution < 1.29 is 19.4 Å². The molecule has 47 heavy (non-hydrogen) atoms. The van der Waals surface area contributed by atoms with Gasteiger partial charge in [-0.1, -0.05) is 12.1 Å². The number of anilines is 1. The van der Waals surface area contributed by atoms with E-state index in [-0.39, 0.29) is 17.5 Å². The molecule has 0 spiro atoms. The summed E-state index contributed by atoms with van der Waals surface area (Å²) in [5.74, 6) is 0.114. The van der Waals surface area contributed by atoms with E-state index in [2.05, 4.69) is 37.2 Å². The van der Waals surface area contributed by atoms with Crippen molar-refractivity contribution in [3.63, 3.8) is 0 Å². The molecule has 2 N–H and O–H groups in total. The van der Waals surface area contributed by atoms with E-state index in [0.717, 1.165) is 50.1 Å². The monoisotopic (exact) mass is 632 g/mol. The highest BCUT2D eigenvalue weighted by Crippen LogP contribution is 2.30. The van der Waals surface area contributed by atoms with E-state index < -0.39 is 5.97 Å². The third-order valence-corrected chi connectivity index (χ3v) is 8.62. The molecule has 242 valence electrons. The number of nitriles is 1. The van der Waals surface area contributed by atoms with Crippen LogP contribution in [0, 0.1) is 25.2 Å². The first-order chi connectivity index (χ1) is 22.7. The molecule has 3 aromatic carbocycles. The molecule has 0 aliphatic carbocycles. The van der Waals surface area contributed by atoms with Crippen LogP contribution >= 0.6 is 0 Å². The maximum atomic E-state index is 12.9. The predicted molar refractivity (Wildman–Crippen MR) is 180 cm³/mol. The van der Waals surface area contributed by atoms with Gasteiger partial charge in [0.1, 0.15) is 17.8 Å². The average Bonchev–Trinajstić information content (AvgIpc) is 3.07. The zero-order chi connectivity index (χ0) is 33.3. The summed E-state index contributed by atoms with van der Waals surface area (Å²) in [4.78, 5) is 37.3. The number of amides is 1. The number of aromatic nitrogens is 2. The highest BCUT2D eigenvalue weighted by Gasteiger charge is 2.26. The average molecular weight is 633 g/mol. The standard InChI is InChI=1S/C37H40N6O4/c1-25(41-36(44)35-26(2)39-24-40-27(35)3)15-18-42-19-16-32(17-20-42)43(23-29-6-4-5-28(21-29)22-38)31-9-13-34(14-10-31)47-33-11-7-30(8-12-33)37(45)46/h4-14,21,24-25,32H,15-20,23H2,1-3H3,(H,41,44)(H,45,46). The van der Waals surface area contributed by atoms with Gasteiger partial charge in [0.25, 0.3) is 5.91 Å². The maximum absolute atomic E-state index is 12.9. The van der Waals surface area contributed by atoms with Gasteiger partial charge in [0.05, 0.1) is 34.1 Å². The Morgan fingerprint density at radius 3 is 2.28 bits per heavy atom. The molecule has 10 nitrogen and oxygen atoms in total. The third-order valence-electron chi connectivity index (χ3n) is 8.62. The van der Waals surface area contributed by atoms with Crippen LogP contribution in [0.5, 0.6) is 11.5 Å². The topological polar surface area (TPSA) is 132 Å². The molecule has 1 atom stereocenters. The molecule has 4 aromatic rings. The molecule has 1 amide bonds. The van der Waals surface area contributed by atoms with Gasteiger partial charge in [-0.25, -0.2) is 14.8 Å². The first kappa shape index (κ1) is 33.1. The van der Waals surface area contributed by atoms with Crippen LogP contribution in [-0.4, -0.2) is 63.6 Å². The second kappa shape index (κ2) is 15.3. The van der Waals surface area contributed by atoms with E-state index in [4.69, 9.17) is 9.84 Å². The molecule has 0 bridgehead atoms. The van der Waals surface area contributed by atoms with E-state index in [1.165, 1.54) is 18.5 Å². The van der Waals surface area contributed by atoms with Crippen molar-refractivity contribution in [2.75, 3.05) is 24.5 Å². The normalized spacial score (nSPS) is 14.2. The number of nitrogens with one attached hydrogen (secondary N) is 1. The molecule has 1 fully saturated rings. The van der Waals surface area contributed by atoms with Crippen molar-refractivity contribution in [1.29, 1.82) is 5.26 Å². The van der Waals surface area contributed by atoms with Gasteiger partial charge in [-0.05, 0) is 106 Å². The molecule has 1 unspecified atom stereocenters. The van der Waals surface area contributed by atoms with Crippen molar-refractivity contribution in [3.8, 4) is 17.6 Å². The molecule has 5 rings (SSSR count). The van der Waals surface area contributed by atoms with Crippen molar-refractivity contribution in [1.82, 2.24) is 20.2 Å². The first-order valence-corrected chi connectivity index (χ1v) is 15.9. The quantitative estimate of drug-likeness (QED) is 0.189. The van der Waals surface area contributed by atoms with Crippen LogP contribution < -0.4 is 15.0 Å². The van der Waals surface area contributed by atoms with Crippen LogP contribution in [0.4, 0.5) is 5.69 Å². The Labute approximate surface area is 275 Å². The number of aromatic carboxylic acids is 1.